The predicted octanol–water partition coefficient (Wildman–Crippen LogP) is 2.82. The van der Waals surface area contributed by atoms with Crippen molar-refractivity contribution in [1.29, 1.82) is 0 Å². The summed E-state index contributed by atoms with van der Waals surface area (Å²) in [7, 11) is 0. The quantitative estimate of drug-likeness (QED) is 0.844. The van der Waals surface area contributed by atoms with E-state index in [9.17, 15) is 0 Å². The Morgan fingerprint density at radius 3 is 2.81 bits per heavy atom. The molecular weight excluding hydrogens is 198 g/mol. The third kappa shape index (κ3) is 2.99. The zero-order valence-electron chi connectivity index (χ0n) is 10.3. The maximum absolute atomic E-state index is 5.82. The van der Waals surface area contributed by atoms with Gasteiger partial charge in [0.15, 0.2) is 0 Å². The molecule has 0 bridgehead atoms. The topological polar surface area (TPSA) is 21.3 Å². The molecule has 0 spiro atoms. The van der Waals surface area contributed by atoms with Gasteiger partial charge in [0.1, 0.15) is 12.4 Å². The molecule has 1 unspecified atom stereocenters. The number of hydrogen-bond acceptors (Lipinski definition) is 2. The third-order valence-corrected chi connectivity index (χ3v) is 3.34. The number of nitrogens with one attached hydrogen (secondary N) is 1. The van der Waals surface area contributed by atoms with E-state index in [4.69, 9.17) is 4.74 Å². The van der Waals surface area contributed by atoms with Crippen LogP contribution in [0.15, 0.2) is 18.2 Å². The molecule has 0 radical (unpaired) electrons. The first-order chi connectivity index (χ1) is 7.75. The summed E-state index contributed by atoms with van der Waals surface area (Å²) >= 11 is 0. The summed E-state index contributed by atoms with van der Waals surface area (Å²) in [5.74, 6) is 0.996. The highest BCUT2D eigenvalue weighted by molar-refractivity contribution is 5.33. The second-order valence-corrected chi connectivity index (χ2v) is 4.70. The number of piperidine rings is 1. The summed E-state index contributed by atoms with van der Waals surface area (Å²) in [4.78, 5) is 0. The molecule has 0 saturated carbocycles. The molecule has 2 heteroatoms. The molecule has 1 N–H and O–H groups in total. The number of benzene rings is 1. The lowest BCUT2D eigenvalue weighted by Gasteiger charge is -2.23. The summed E-state index contributed by atoms with van der Waals surface area (Å²) in [6.07, 6.45) is 3.87. The first-order valence-electron chi connectivity index (χ1n) is 6.19. The lowest BCUT2D eigenvalue weighted by Crippen LogP contribution is -2.38. The number of ether oxygens (including phenoxy) is 1. The van der Waals surface area contributed by atoms with Crippen molar-refractivity contribution >= 4 is 0 Å². The Balaban J connectivity index is 1.86. The highest BCUT2D eigenvalue weighted by Gasteiger charge is 2.12. The summed E-state index contributed by atoms with van der Waals surface area (Å²) in [6, 6.07) is 6.85. The largest absolute Gasteiger partial charge is 0.492 e. The Hall–Kier alpha value is -1.02. The van der Waals surface area contributed by atoms with Crippen LogP contribution < -0.4 is 10.1 Å². The lowest BCUT2D eigenvalue weighted by molar-refractivity contribution is 0.239. The van der Waals surface area contributed by atoms with Crippen molar-refractivity contribution < 1.29 is 4.74 Å². The van der Waals surface area contributed by atoms with Gasteiger partial charge in [-0.3, -0.25) is 0 Å². The van der Waals surface area contributed by atoms with Crippen LogP contribution in [0.5, 0.6) is 5.75 Å². The molecule has 1 atom stereocenters. The third-order valence-electron chi connectivity index (χ3n) is 3.34. The molecule has 1 aliphatic heterocycles. The minimum absolute atomic E-state index is 0.537. The van der Waals surface area contributed by atoms with Crippen molar-refractivity contribution in [3.8, 4) is 5.75 Å². The Morgan fingerprint density at radius 1 is 1.25 bits per heavy atom. The van der Waals surface area contributed by atoms with Crippen molar-refractivity contribution in [1.82, 2.24) is 5.32 Å². The molecule has 2 rings (SSSR count). The molecule has 1 saturated heterocycles. The molecule has 0 aromatic heterocycles. The number of hydrogen-bond donors (Lipinski definition) is 1. The van der Waals surface area contributed by atoms with Crippen molar-refractivity contribution in [3.63, 3.8) is 0 Å². The summed E-state index contributed by atoms with van der Waals surface area (Å²) < 4.78 is 5.82. The highest BCUT2D eigenvalue weighted by atomic mass is 16.5. The van der Waals surface area contributed by atoms with E-state index in [1.165, 1.54) is 30.4 Å². The second-order valence-electron chi connectivity index (χ2n) is 4.70. The zero-order chi connectivity index (χ0) is 11.4. The molecule has 88 valence electrons. The van der Waals surface area contributed by atoms with Gasteiger partial charge in [0.25, 0.3) is 0 Å². The molecule has 16 heavy (non-hydrogen) atoms. The Labute approximate surface area is 98.0 Å². The average molecular weight is 219 g/mol. The predicted molar refractivity (Wildman–Crippen MR) is 67.1 cm³/mol. The summed E-state index contributed by atoms with van der Waals surface area (Å²) in [5.41, 5.74) is 2.62. The van der Waals surface area contributed by atoms with Gasteiger partial charge in [-0.15, -0.1) is 0 Å². The van der Waals surface area contributed by atoms with Crippen molar-refractivity contribution in [3.05, 3.63) is 29.3 Å². The summed E-state index contributed by atoms with van der Waals surface area (Å²) in [6.45, 7) is 6.19. The van der Waals surface area contributed by atoms with Crippen molar-refractivity contribution in [2.45, 2.75) is 39.2 Å². The molecule has 0 amide bonds. The smallest absolute Gasteiger partial charge is 0.119 e. The molecule has 2 nitrogen and oxygen atoms in total. The minimum Gasteiger partial charge on any atom is -0.492 e. The maximum atomic E-state index is 5.82. The van der Waals surface area contributed by atoms with Crippen LogP contribution in [-0.4, -0.2) is 19.2 Å². The van der Waals surface area contributed by atoms with Crippen LogP contribution in [-0.2, 0) is 0 Å². The highest BCUT2D eigenvalue weighted by Crippen LogP contribution is 2.17. The van der Waals surface area contributed by atoms with E-state index in [0.717, 1.165) is 18.9 Å². The molecule has 1 aromatic rings. The van der Waals surface area contributed by atoms with Crippen LogP contribution in [0.25, 0.3) is 0 Å². The van der Waals surface area contributed by atoms with E-state index in [2.05, 4.69) is 37.4 Å². The van der Waals surface area contributed by atoms with Gasteiger partial charge in [0.2, 0.25) is 0 Å². The van der Waals surface area contributed by atoms with Crippen LogP contribution in [0.1, 0.15) is 30.4 Å². The molecule has 1 aromatic carbocycles. The van der Waals surface area contributed by atoms with Gasteiger partial charge in [-0.2, -0.15) is 0 Å². The molecular formula is C14H21NO. The fourth-order valence-corrected chi connectivity index (χ4v) is 2.07. The fraction of sp³-hybridized carbons (Fsp3) is 0.571. The molecule has 1 heterocycles. The van der Waals surface area contributed by atoms with Gasteiger partial charge in [0, 0.05) is 6.04 Å². The van der Waals surface area contributed by atoms with Crippen molar-refractivity contribution in [2.75, 3.05) is 13.2 Å². The van der Waals surface area contributed by atoms with Gasteiger partial charge in [-0.1, -0.05) is 12.5 Å². The normalized spacial score (nSPS) is 20.8. The van der Waals surface area contributed by atoms with Crippen LogP contribution in [0.3, 0.4) is 0 Å². The Bertz CT molecular complexity index is 343. The number of aryl methyl sites for hydroxylation is 2. The Kier molecular flexibility index (Phi) is 3.83. The van der Waals surface area contributed by atoms with Crippen LogP contribution in [0, 0.1) is 13.8 Å². The second kappa shape index (κ2) is 5.35. The van der Waals surface area contributed by atoms with E-state index >= 15 is 0 Å². The standard InChI is InChI=1S/C14H21NO/c1-11-6-7-14(9-12(11)2)16-10-13-5-3-4-8-15-13/h6-7,9,13,15H,3-5,8,10H2,1-2H3. The Morgan fingerprint density at radius 2 is 2.12 bits per heavy atom. The first kappa shape index (κ1) is 11.5. The van der Waals surface area contributed by atoms with E-state index in [1.807, 2.05) is 0 Å². The first-order valence-corrected chi connectivity index (χ1v) is 6.19. The SMILES string of the molecule is Cc1ccc(OCC2CCCCN2)cc1C. The van der Waals surface area contributed by atoms with E-state index in [-0.39, 0.29) is 0 Å². The van der Waals surface area contributed by atoms with E-state index < -0.39 is 0 Å². The van der Waals surface area contributed by atoms with Crippen LogP contribution >= 0.6 is 0 Å². The van der Waals surface area contributed by atoms with Crippen LogP contribution in [0.2, 0.25) is 0 Å². The van der Waals surface area contributed by atoms with Crippen molar-refractivity contribution in [2.24, 2.45) is 0 Å². The van der Waals surface area contributed by atoms with Gasteiger partial charge >= 0.3 is 0 Å². The molecule has 1 aliphatic rings. The monoisotopic (exact) mass is 219 g/mol. The van der Waals surface area contributed by atoms with Gasteiger partial charge < -0.3 is 10.1 Å². The van der Waals surface area contributed by atoms with E-state index in [1.54, 1.807) is 0 Å². The zero-order valence-corrected chi connectivity index (χ0v) is 10.3. The average Bonchev–Trinajstić information content (AvgIpc) is 2.32. The summed E-state index contributed by atoms with van der Waals surface area (Å²) in [5, 5.41) is 3.49. The number of rotatable bonds is 3. The van der Waals surface area contributed by atoms with Gasteiger partial charge in [-0.05, 0) is 56.5 Å². The minimum atomic E-state index is 0.537. The fourth-order valence-electron chi connectivity index (χ4n) is 2.07. The van der Waals surface area contributed by atoms with Gasteiger partial charge in [0.05, 0.1) is 0 Å². The maximum Gasteiger partial charge on any atom is 0.119 e. The molecule has 0 aliphatic carbocycles. The lowest BCUT2D eigenvalue weighted by atomic mass is 10.1. The molecule has 1 fully saturated rings. The van der Waals surface area contributed by atoms with Crippen LogP contribution in [0.4, 0.5) is 0 Å². The van der Waals surface area contributed by atoms with E-state index in [0.29, 0.717) is 6.04 Å². The van der Waals surface area contributed by atoms with Gasteiger partial charge in [-0.25, -0.2) is 0 Å².